The van der Waals surface area contributed by atoms with E-state index < -0.39 is 0 Å². The highest BCUT2D eigenvalue weighted by molar-refractivity contribution is 6.33. The second-order valence-electron chi connectivity index (χ2n) is 3.90. The Balaban J connectivity index is 1.95. The average Bonchev–Trinajstić information content (AvgIpc) is 2.77. The maximum Gasteiger partial charge on any atom is 0.105 e. The lowest BCUT2D eigenvalue weighted by Crippen LogP contribution is -2.11. The van der Waals surface area contributed by atoms with Gasteiger partial charge in [0.05, 0.1) is 22.3 Å². The standard InChI is InChI=1S/C13H13ClN4/c1-10-16-4-6-18(10)7-5-17-13-3-2-11(9-15)8-12(13)14/h2-4,6,8,17H,5,7H2,1H3. The fourth-order valence-electron chi connectivity index (χ4n) is 1.68. The molecule has 18 heavy (non-hydrogen) atoms. The molecule has 0 spiro atoms. The summed E-state index contributed by atoms with van der Waals surface area (Å²) in [4.78, 5) is 4.16. The molecule has 0 aliphatic carbocycles. The van der Waals surface area contributed by atoms with Crippen LogP contribution >= 0.6 is 11.6 Å². The predicted octanol–water partition coefficient (Wildman–Crippen LogP) is 2.83. The summed E-state index contributed by atoms with van der Waals surface area (Å²) in [5.41, 5.74) is 1.41. The Morgan fingerprint density at radius 1 is 1.50 bits per heavy atom. The smallest absolute Gasteiger partial charge is 0.105 e. The van der Waals surface area contributed by atoms with Gasteiger partial charge in [0.25, 0.3) is 0 Å². The molecule has 0 amide bonds. The van der Waals surface area contributed by atoms with E-state index in [-0.39, 0.29) is 0 Å². The number of benzene rings is 1. The molecule has 0 aliphatic rings. The first kappa shape index (κ1) is 12.5. The van der Waals surface area contributed by atoms with Gasteiger partial charge in [-0.15, -0.1) is 0 Å². The average molecular weight is 261 g/mol. The third-order valence-corrected chi connectivity index (χ3v) is 3.00. The van der Waals surface area contributed by atoms with Crippen molar-refractivity contribution in [1.29, 1.82) is 5.26 Å². The highest BCUT2D eigenvalue weighted by Crippen LogP contribution is 2.22. The van der Waals surface area contributed by atoms with Gasteiger partial charge in [0.15, 0.2) is 0 Å². The van der Waals surface area contributed by atoms with Crippen LogP contribution in [0.3, 0.4) is 0 Å². The fourth-order valence-corrected chi connectivity index (χ4v) is 1.93. The van der Waals surface area contributed by atoms with E-state index in [4.69, 9.17) is 16.9 Å². The maximum atomic E-state index is 8.75. The van der Waals surface area contributed by atoms with Gasteiger partial charge in [0.2, 0.25) is 0 Å². The molecule has 5 heteroatoms. The van der Waals surface area contributed by atoms with Crippen LogP contribution in [0.1, 0.15) is 11.4 Å². The van der Waals surface area contributed by atoms with Crippen LogP contribution in [0.5, 0.6) is 0 Å². The van der Waals surface area contributed by atoms with Crippen molar-refractivity contribution in [2.75, 3.05) is 11.9 Å². The van der Waals surface area contributed by atoms with Gasteiger partial charge in [-0.25, -0.2) is 4.98 Å². The van der Waals surface area contributed by atoms with Gasteiger partial charge < -0.3 is 9.88 Å². The van der Waals surface area contributed by atoms with E-state index in [0.717, 1.165) is 24.6 Å². The number of aryl methyl sites for hydroxylation is 1. The van der Waals surface area contributed by atoms with Crippen LogP contribution in [0.4, 0.5) is 5.69 Å². The number of nitrogens with zero attached hydrogens (tertiary/aromatic N) is 3. The molecule has 0 bridgehead atoms. The summed E-state index contributed by atoms with van der Waals surface area (Å²) < 4.78 is 2.06. The molecule has 2 rings (SSSR count). The van der Waals surface area contributed by atoms with Crippen LogP contribution in [-0.2, 0) is 6.54 Å². The first-order chi connectivity index (χ1) is 8.70. The third-order valence-electron chi connectivity index (χ3n) is 2.69. The number of rotatable bonds is 4. The first-order valence-electron chi connectivity index (χ1n) is 5.62. The minimum Gasteiger partial charge on any atom is -0.382 e. The Labute approximate surface area is 111 Å². The minimum atomic E-state index is 0.566. The van der Waals surface area contributed by atoms with E-state index in [2.05, 4.69) is 20.9 Å². The molecule has 0 saturated carbocycles. The van der Waals surface area contributed by atoms with Crippen molar-refractivity contribution >= 4 is 17.3 Å². The number of hydrogen-bond acceptors (Lipinski definition) is 3. The molecule has 0 radical (unpaired) electrons. The van der Waals surface area contributed by atoms with E-state index in [1.165, 1.54) is 0 Å². The van der Waals surface area contributed by atoms with Gasteiger partial charge in [-0.2, -0.15) is 5.26 Å². The van der Waals surface area contributed by atoms with Gasteiger partial charge >= 0.3 is 0 Å². The molecule has 0 atom stereocenters. The lowest BCUT2D eigenvalue weighted by Gasteiger charge is -2.09. The Kier molecular flexibility index (Phi) is 3.85. The molecule has 1 heterocycles. The Bertz CT molecular complexity index is 583. The van der Waals surface area contributed by atoms with E-state index in [1.54, 1.807) is 18.3 Å². The summed E-state index contributed by atoms with van der Waals surface area (Å²) in [5, 5.41) is 12.6. The van der Waals surface area contributed by atoms with Crippen LogP contribution < -0.4 is 5.32 Å². The van der Waals surface area contributed by atoms with Crippen molar-refractivity contribution in [2.45, 2.75) is 13.5 Å². The predicted molar refractivity (Wildman–Crippen MR) is 71.6 cm³/mol. The zero-order valence-corrected chi connectivity index (χ0v) is 10.8. The van der Waals surface area contributed by atoms with E-state index in [0.29, 0.717) is 10.6 Å². The molecule has 0 aliphatic heterocycles. The molecule has 2 aromatic rings. The third kappa shape index (κ3) is 2.82. The zero-order chi connectivity index (χ0) is 13.0. The van der Waals surface area contributed by atoms with Crippen LogP contribution in [0.15, 0.2) is 30.6 Å². The Morgan fingerprint density at radius 3 is 2.94 bits per heavy atom. The molecular weight excluding hydrogens is 248 g/mol. The molecule has 1 aromatic carbocycles. The Morgan fingerprint density at radius 2 is 2.33 bits per heavy atom. The second-order valence-corrected chi connectivity index (χ2v) is 4.31. The molecule has 1 aromatic heterocycles. The number of imidazole rings is 1. The molecular formula is C13H13ClN4. The number of nitrogens with one attached hydrogen (secondary N) is 1. The molecule has 1 N–H and O–H groups in total. The van der Waals surface area contributed by atoms with Gasteiger partial charge in [-0.1, -0.05) is 11.6 Å². The van der Waals surface area contributed by atoms with Gasteiger partial charge in [0, 0.05) is 25.5 Å². The molecule has 0 saturated heterocycles. The number of anilines is 1. The normalized spacial score (nSPS) is 10.1. The highest BCUT2D eigenvalue weighted by Gasteiger charge is 2.01. The van der Waals surface area contributed by atoms with E-state index in [1.807, 2.05) is 19.2 Å². The second kappa shape index (κ2) is 5.56. The van der Waals surface area contributed by atoms with E-state index in [9.17, 15) is 0 Å². The fraction of sp³-hybridized carbons (Fsp3) is 0.231. The van der Waals surface area contributed by atoms with Crippen molar-refractivity contribution in [2.24, 2.45) is 0 Å². The van der Waals surface area contributed by atoms with E-state index >= 15 is 0 Å². The van der Waals surface area contributed by atoms with Crippen LogP contribution in [0.25, 0.3) is 0 Å². The van der Waals surface area contributed by atoms with Crippen molar-refractivity contribution in [3.8, 4) is 6.07 Å². The van der Waals surface area contributed by atoms with Gasteiger partial charge in [-0.3, -0.25) is 0 Å². The van der Waals surface area contributed by atoms with Crippen molar-refractivity contribution in [1.82, 2.24) is 9.55 Å². The maximum absolute atomic E-state index is 8.75. The van der Waals surface area contributed by atoms with Crippen molar-refractivity contribution < 1.29 is 0 Å². The van der Waals surface area contributed by atoms with Crippen molar-refractivity contribution in [3.05, 3.63) is 47.0 Å². The SMILES string of the molecule is Cc1nccn1CCNc1ccc(C#N)cc1Cl. The molecule has 92 valence electrons. The summed E-state index contributed by atoms with van der Waals surface area (Å²) >= 11 is 6.07. The monoisotopic (exact) mass is 260 g/mol. The molecule has 0 unspecified atom stereocenters. The molecule has 0 fully saturated rings. The number of aromatic nitrogens is 2. The van der Waals surface area contributed by atoms with Gasteiger partial charge in [-0.05, 0) is 25.1 Å². The number of nitriles is 1. The summed E-state index contributed by atoms with van der Waals surface area (Å²) in [5.74, 6) is 0.989. The van der Waals surface area contributed by atoms with Crippen LogP contribution in [-0.4, -0.2) is 16.1 Å². The summed E-state index contributed by atoms with van der Waals surface area (Å²) in [7, 11) is 0. The Hall–Kier alpha value is -1.99. The lowest BCUT2D eigenvalue weighted by molar-refractivity contribution is 0.701. The van der Waals surface area contributed by atoms with Crippen LogP contribution in [0, 0.1) is 18.3 Å². The van der Waals surface area contributed by atoms with Crippen LogP contribution in [0.2, 0.25) is 5.02 Å². The summed E-state index contributed by atoms with van der Waals surface area (Å²) in [6.07, 6.45) is 3.72. The minimum absolute atomic E-state index is 0.566. The largest absolute Gasteiger partial charge is 0.382 e. The van der Waals surface area contributed by atoms with Gasteiger partial charge in [0.1, 0.15) is 5.82 Å². The summed E-state index contributed by atoms with van der Waals surface area (Å²) in [6, 6.07) is 7.28. The van der Waals surface area contributed by atoms with Crippen molar-refractivity contribution in [3.63, 3.8) is 0 Å². The quantitative estimate of drug-likeness (QED) is 0.920. The topological polar surface area (TPSA) is 53.6 Å². The molecule has 4 nitrogen and oxygen atoms in total. The number of halogens is 1. The lowest BCUT2D eigenvalue weighted by atomic mass is 10.2. The summed E-state index contributed by atoms with van der Waals surface area (Å²) in [6.45, 7) is 3.54. The first-order valence-corrected chi connectivity index (χ1v) is 6.00. The number of hydrogen-bond donors (Lipinski definition) is 1. The zero-order valence-electron chi connectivity index (χ0n) is 10.0. The highest BCUT2D eigenvalue weighted by atomic mass is 35.5.